The molecule has 0 aliphatic heterocycles. The molecular weight excluding hydrogens is 282 g/mol. The number of ether oxygens (including phenoxy) is 1. The topological polar surface area (TPSA) is 75.6 Å². The molecule has 0 radical (unpaired) electrons. The third-order valence-electron chi connectivity index (χ3n) is 3.92. The van der Waals surface area contributed by atoms with Crippen molar-refractivity contribution in [1.82, 2.24) is 0 Å². The van der Waals surface area contributed by atoms with Crippen molar-refractivity contribution < 1.29 is 19.4 Å². The lowest BCUT2D eigenvalue weighted by Crippen LogP contribution is -2.36. The first-order valence-corrected chi connectivity index (χ1v) is 7.50. The Labute approximate surface area is 130 Å². The highest BCUT2D eigenvalue weighted by Gasteiger charge is 2.35. The molecule has 1 fully saturated rings. The van der Waals surface area contributed by atoms with Gasteiger partial charge in [0, 0.05) is 0 Å². The number of nitrogens with one attached hydrogen (secondary N) is 1. The summed E-state index contributed by atoms with van der Waals surface area (Å²) in [5.41, 5.74) is 0.559. The van der Waals surface area contributed by atoms with Crippen LogP contribution in [0.2, 0.25) is 0 Å². The number of para-hydroxylation sites is 2. The van der Waals surface area contributed by atoms with Crippen LogP contribution in [0.1, 0.15) is 25.7 Å². The van der Waals surface area contributed by atoms with Crippen molar-refractivity contribution in [2.45, 2.75) is 25.7 Å². The van der Waals surface area contributed by atoms with E-state index in [0.29, 0.717) is 30.9 Å². The molecule has 118 valence electrons. The van der Waals surface area contributed by atoms with Gasteiger partial charge < -0.3 is 15.2 Å². The van der Waals surface area contributed by atoms with Gasteiger partial charge in [-0.2, -0.15) is 0 Å². The van der Waals surface area contributed by atoms with Gasteiger partial charge in [0.1, 0.15) is 12.4 Å². The number of amides is 1. The first-order valence-electron chi connectivity index (χ1n) is 7.50. The highest BCUT2D eigenvalue weighted by Crippen LogP contribution is 2.32. The van der Waals surface area contributed by atoms with E-state index in [9.17, 15) is 14.7 Å². The minimum atomic E-state index is -0.893. The van der Waals surface area contributed by atoms with E-state index in [1.807, 2.05) is 6.07 Å². The monoisotopic (exact) mass is 303 g/mol. The summed E-state index contributed by atoms with van der Waals surface area (Å²) in [6.45, 7) is 3.93. The second-order valence-corrected chi connectivity index (χ2v) is 5.42. The molecule has 1 aromatic carbocycles. The van der Waals surface area contributed by atoms with Crippen LogP contribution in [-0.4, -0.2) is 23.6 Å². The zero-order valence-electron chi connectivity index (χ0n) is 12.5. The van der Waals surface area contributed by atoms with Gasteiger partial charge in [-0.25, -0.2) is 0 Å². The largest absolute Gasteiger partial charge is 0.487 e. The molecule has 1 aromatic rings. The zero-order chi connectivity index (χ0) is 15.9. The molecule has 1 amide bonds. The summed E-state index contributed by atoms with van der Waals surface area (Å²) in [7, 11) is 0. The number of hydrogen-bond acceptors (Lipinski definition) is 3. The molecule has 0 spiro atoms. The molecule has 0 bridgehead atoms. The van der Waals surface area contributed by atoms with Crippen molar-refractivity contribution in [2.75, 3.05) is 11.9 Å². The van der Waals surface area contributed by atoms with Crippen LogP contribution in [0.15, 0.2) is 36.9 Å². The lowest BCUT2D eigenvalue weighted by Gasteiger charge is -2.27. The maximum Gasteiger partial charge on any atom is 0.307 e. The first kappa shape index (κ1) is 16.1. The fourth-order valence-electron chi connectivity index (χ4n) is 2.81. The molecule has 1 aliphatic carbocycles. The summed E-state index contributed by atoms with van der Waals surface area (Å²) in [4.78, 5) is 23.8. The summed E-state index contributed by atoms with van der Waals surface area (Å²) < 4.78 is 5.50. The van der Waals surface area contributed by atoms with Crippen molar-refractivity contribution in [3.8, 4) is 5.75 Å². The Morgan fingerprint density at radius 1 is 1.27 bits per heavy atom. The van der Waals surface area contributed by atoms with E-state index in [1.165, 1.54) is 0 Å². The Balaban J connectivity index is 2.10. The Morgan fingerprint density at radius 3 is 2.64 bits per heavy atom. The van der Waals surface area contributed by atoms with Crippen LogP contribution in [0.4, 0.5) is 5.69 Å². The quantitative estimate of drug-likeness (QED) is 0.792. The SMILES string of the molecule is C=CCOc1ccccc1NC(=O)C1CCCCC1C(=O)O. The molecule has 2 unspecified atom stereocenters. The summed E-state index contributed by atoms with van der Waals surface area (Å²) in [5, 5.41) is 12.1. The molecule has 1 saturated carbocycles. The van der Waals surface area contributed by atoms with Gasteiger partial charge in [-0.1, -0.05) is 37.6 Å². The Kier molecular flexibility index (Phi) is 5.58. The smallest absolute Gasteiger partial charge is 0.307 e. The highest BCUT2D eigenvalue weighted by atomic mass is 16.5. The number of carbonyl (C=O) groups is 2. The molecule has 0 heterocycles. The van der Waals surface area contributed by atoms with Gasteiger partial charge in [-0.05, 0) is 25.0 Å². The van der Waals surface area contributed by atoms with Crippen LogP contribution in [-0.2, 0) is 9.59 Å². The Hall–Kier alpha value is -2.30. The van der Waals surface area contributed by atoms with Gasteiger partial charge in [-0.15, -0.1) is 0 Å². The standard InChI is InChI=1S/C17H21NO4/c1-2-11-22-15-10-6-5-9-14(15)18-16(19)12-7-3-4-8-13(12)17(20)21/h2,5-6,9-10,12-13H,1,3-4,7-8,11H2,(H,18,19)(H,20,21). The predicted octanol–water partition coefficient (Wildman–Crippen LogP) is 3.08. The maximum absolute atomic E-state index is 12.5. The Bertz CT molecular complexity index is 555. The molecule has 2 N–H and O–H groups in total. The third-order valence-corrected chi connectivity index (χ3v) is 3.92. The number of carbonyl (C=O) groups excluding carboxylic acids is 1. The van der Waals surface area contributed by atoms with E-state index in [1.54, 1.807) is 24.3 Å². The van der Waals surface area contributed by atoms with E-state index in [4.69, 9.17) is 4.74 Å². The Morgan fingerprint density at radius 2 is 1.95 bits per heavy atom. The number of rotatable bonds is 6. The number of carboxylic acids is 1. The fourth-order valence-corrected chi connectivity index (χ4v) is 2.81. The highest BCUT2D eigenvalue weighted by molar-refractivity contribution is 5.96. The average Bonchev–Trinajstić information content (AvgIpc) is 2.54. The summed E-state index contributed by atoms with van der Waals surface area (Å²) >= 11 is 0. The molecule has 5 nitrogen and oxygen atoms in total. The number of aliphatic carboxylic acids is 1. The fraction of sp³-hybridized carbons (Fsp3) is 0.412. The van der Waals surface area contributed by atoms with Crippen LogP contribution >= 0.6 is 0 Å². The minimum absolute atomic E-state index is 0.248. The summed E-state index contributed by atoms with van der Waals surface area (Å²) in [6.07, 6.45) is 4.54. The van der Waals surface area contributed by atoms with Crippen molar-refractivity contribution in [1.29, 1.82) is 0 Å². The number of benzene rings is 1. The van der Waals surface area contributed by atoms with Crippen molar-refractivity contribution in [3.05, 3.63) is 36.9 Å². The second-order valence-electron chi connectivity index (χ2n) is 5.42. The minimum Gasteiger partial charge on any atom is -0.487 e. The lowest BCUT2D eigenvalue weighted by atomic mass is 9.78. The summed E-state index contributed by atoms with van der Waals surface area (Å²) in [6, 6.07) is 7.12. The number of hydrogen-bond donors (Lipinski definition) is 2. The molecule has 0 saturated heterocycles. The summed E-state index contributed by atoms with van der Waals surface area (Å²) in [5.74, 6) is -1.68. The van der Waals surface area contributed by atoms with E-state index in [-0.39, 0.29) is 5.91 Å². The maximum atomic E-state index is 12.5. The molecule has 1 aliphatic rings. The van der Waals surface area contributed by atoms with Crippen LogP contribution in [0.25, 0.3) is 0 Å². The average molecular weight is 303 g/mol. The van der Waals surface area contributed by atoms with Crippen LogP contribution < -0.4 is 10.1 Å². The van der Waals surface area contributed by atoms with Crippen LogP contribution in [0.3, 0.4) is 0 Å². The van der Waals surface area contributed by atoms with E-state index in [0.717, 1.165) is 12.8 Å². The van der Waals surface area contributed by atoms with Crippen molar-refractivity contribution in [3.63, 3.8) is 0 Å². The second kappa shape index (κ2) is 7.64. The molecule has 5 heteroatoms. The number of carboxylic acid groups (broad SMARTS) is 1. The molecule has 2 rings (SSSR count). The lowest BCUT2D eigenvalue weighted by molar-refractivity contribution is -0.147. The van der Waals surface area contributed by atoms with Gasteiger partial charge in [0.25, 0.3) is 0 Å². The molecular formula is C17H21NO4. The zero-order valence-corrected chi connectivity index (χ0v) is 12.5. The van der Waals surface area contributed by atoms with E-state index < -0.39 is 17.8 Å². The van der Waals surface area contributed by atoms with Gasteiger partial charge in [0.15, 0.2) is 0 Å². The predicted molar refractivity (Wildman–Crippen MR) is 83.8 cm³/mol. The normalized spacial score (nSPS) is 20.9. The van der Waals surface area contributed by atoms with Crippen molar-refractivity contribution >= 4 is 17.6 Å². The van der Waals surface area contributed by atoms with Gasteiger partial charge in [-0.3, -0.25) is 9.59 Å². The van der Waals surface area contributed by atoms with Gasteiger partial charge in [0.2, 0.25) is 5.91 Å². The van der Waals surface area contributed by atoms with Crippen LogP contribution in [0.5, 0.6) is 5.75 Å². The first-order chi connectivity index (χ1) is 10.6. The number of anilines is 1. The van der Waals surface area contributed by atoms with E-state index in [2.05, 4.69) is 11.9 Å². The van der Waals surface area contributed by atoms with Gasteiger partial charge in [0.05, 0.1) is 17.5 Å². The van der Waals surface area contributed by atoms with Gasteiger partial charge >= 0.3 is 5.97 Å². The molecule has 22 heavy (non-hydrogen) atoms. The van der Waals surface area contributed by atoms with Crippen molar-refractivity contribution in [2.24, 2.45) is 11.8 Å². The molecule has 0 aromatic heterocycles. The van der Waals surface area contributed by atoms with Crippen LogP contribution in [0, 0.1) is 11.8 Å². The molecule has 2 atom stereocenters. The van der Waals surface area contributed by atoms with E-state index >= 15 is 0 Å². The third kappa shape index (κ3) is 3.87.